The fraction of sp³-hybridized carbons (Fsp3) is 0.0909. The van der Waals surface area contributed by atoms with Gasteiger partial charge >= 0.3 is 5.97 Å². The average molecular weight is 440 g/mol. The van der Waals surface area contributed by atoms with Gasteiger partial charge in [0.05, 0.1) is 5.56 Å². The van der Waals surface area contributed by atoms with Gasteiger partial charge in [-0.25, -0.2) is 4.79 Å². The number of anilines is 1. The number of nitrogens with one attached hydrogen (secondary N) is 1. The predicted octanol–water partition coefficient (Wildman–Crippen LogP) is 4.82. The number of ether oxygens (including phenoxy) is 2. The molecule has 1 N–H and O–H groups in total. The van der Waals surface area contributed by atoms with Crippen LogP contribution in [0.25, 0.3) is 0 Å². The zero-order chi connectivity index (χ0) is 19.8. The highest BCUT2D eigenvalue weighted by Gasteiger charge is 2.13. The summed E-state index contributed by atoms with van der Waals surface area (Å²) in [6.07, 6.45) is 0. The van der Waals surface area contributed by atoms with E-state index >= 15 is 0 Å². The number of halogens is 1. The van der Waals surface area contributed by atoms with Crippen molar-refractivity contribution >= 4 is 33.5 Å². The van der Waals surface area contributed by atoms with Crippen molar-refractivity contribution in [1.82, 2.24) is 0 Å². The van der Waals surface area contributed by atoms with Gasteiger partial charge in [-0.05, 0) is 57.9 Å². The zero-order valence-corrected chi connectivity index (χ0v) is 16.5. The van der Waals surface area contributed by atoms with E-state index in [2.05, 4.69) is 21.2 Å². The van der Waals surface area contributed by atoms with Gasteiger partial charge in [0.25, 0.3) is 5.91 Å². The summed E-state index contributed by atoms with van der Waals surface area (Å²) in [5, 5.41) is 2.68. The summed E-state index contributed by atoms with van der Waals surface area (Å²) in [5.41, 5.74) is 2.04. The Kier molecular flexibility index (Phi) is 6.81. The van der Waals surface area contributed by atoms with Crippen molar-refractivity contribution in [2.24, 2.45) is 0 Å². The third-order valence-electron chi connectivity index (χ3n) is 3.81. The smallest absolute Gasteiger partial charge is 0.339 e. The first-order valence-electron chi connectivity index (χ1n) is 8.60. The van der Waals surface area contributed by atoms with Crippen molar-refractivity contribution in [3.05, 3.63) is 94.5 Å². The van der Waals surface area contributed by atoms with Crippen molar-refractivity contribution in [2.45, 2.75) is 6.61 Å². The average Bonchev–Trinajstić information content (AvgIpc) is 2.72. The van der Waals surface area contributed by atoms with E-state index in [0.29, 0.717) is 28.1 Å². The highest BCUT2D eigenvalue weighted by atomic mass is 79.9. The van der Waals surface area contributed by atoms with E-state index in [4.69, 9.17) is 9.47 Å². The SMILES string of the molecule is O=C(COC(=O)c1ccccc1Br)Nc1ccc(OCc2ccccc2)cc1. The van der Waals surface area contributed by atoms with Gasteiger partial charge < -0.3 is 14.8 Å². The minimum atomic E-state index is -0.563. The third-order valence-corrected chi connectivity index (χ3v) is 4.51. The third kappa shape index (κ3) is 5.69. The standard InChI is InChI=1S/C22H18BrNO4/c23-20-9-5-4-8-19(20)22(26)28-15-21(25)24-17-10-12-18(13-11-17)27-14-16-6-2-1-3-7-16/h1-13H,14-15H2,(H,24,25). The van der Waals surface area contributed by atoms with E-state index in [1.54, 1.807) is 48.5 Å². The second-order valence-corrected chi connectivity index (χ2v) is 6.76. The summed E-state index contributed by atoms with van der Waals surface area (Å²) in [6, 6.07) is 23.7. The van der Waals surface area contributed by atoms with Crippen molar-refractivity contribution in [3.63, 3.8) is 0 Å². The number of amides is 1. The summed E-state index contributed by atoms with van der Waals surface area (Å²) in [5.74, 6) is -0.284. The van der Waals surface area contributed by atoms with Crippen LogP contribution in [0.3, 0.4) is 0 Å². The van der Waals surface area contributed by atoms with Crippen molar-refractivity contribution in [3.8, 4) is 5.75 Å². The molecule has 0 fully saturated rings. The van der Waals surface area contributed by atoms with E-state index < -0.39 is 11.9 Å². The Balaban J connectivity index is 1.46. The van der Waals surface area contributed by atoms with Crippen LogP contribution in [0.4, 0.5) is 5.69 Å². The second-order valence-electron chi connectivity index (χ2n) is 5.90. The van der Waals surface area contributed by atoms with Crippen LogP contribution in [-0.2, 0) is 16.1 Å². The first kappa shape index (κ1) is 19.6. The van der Waals surface area contributed by atoms with Crippen LogP contribution in [0.15, 0.2) is 83.3 Å². The van der Waals surface area contributed by atoms with Gasteiger partial charge in [0.15, 0.2) is 6.61 Å². The number of esters is 1. The minimum absolute atomic E-state index is 0.369. The predicted molar refractivity (Wildman–Crippen MR) is 110 cm³/mol. The number of carbonyl (C=O) groups is 2. The van der Waals surface area contributed by atoms with Crippen molar-refractivity contribution in [2.75, 3.05) is 11.9 Å². The highest BCUT2D eigenvalue weighted by Crippen LogP contribution is 2.18. The Morgan fingerprint density at radius 1 is 0.857 bits per heavy atom. The molecular formula is C22H18BrNO4. The molecule has 0 heterocycles. The van der Waals surface area contributed by atoms with Crippen molar-refractivity contribution in [1.29, 1.82) is 0 Å². The fourth-order valence-electron chi connectivity index (χ4n) is 2.41. The molecule has 3 aromatic carbocycles. The maximum atomic E-state index is 12.0. The molecule has 0 saturated heterocycles. The second kappa shape index (κ2) is 9.71. The van der Waals surface area contributed by atoms with Crippen molar-refractivity contribution < 1.29 is 19.1 Å². The first-order chi connectivity index (χ1) is 13.6. The maximum absolute atomic E-state index is 12.0. The monoisotopic (exact) mass is 439 g/mol. The Labute approximate surface area is 171 Å². The molecule has 0 atom stereocenters. The van der Waals surface area contributed by atoms with Crippen LogP contribution in [0.5, 0.6) is 5.75 Å². The Morgan fingerprint density at radius 2 is 1.54 bits per heavy atom. The summed E-state index contributed by atoms with van der Waals surface area (Å²) in [4.78, 5) is 24.0. The Bertz CT molecular complexity index is 942. The number of carbonyl (C=O) groups excluding carboxylic acids is 2. The summed E-state index contributed by atoms with van der Waals surface area (Å²) in [7, 11) is 0. The Hall–Kier alpha value is -3.12. The molecule has 6 heteroatoms. The molecule has 0 aromatic heterocycles. The fourth-order valence-corrected chi connectivity index (χ4v) is 2.85. The molecule has 0 unspecified atom stereocenters. The largest absolute Gasteiger partial charge is 0.489 e. The van der Waals surface area contributed by atoms with E-state index in [1.807, 2.05) is 30.3 Å². The van der Waals surface area contributed by atoms with Gasteiger partial charge in [0.2, 0.25) is 0 Å². The molecule has 5 nitrogen and oxygen atoms in total. The molecule has 0 bridgehead atoms. The van der Waals surface area contributed by atoms with Gasteiger partial charge in [-0.1, -0.05) is 42.5 Å². The molecular weight excluding hydrogens is 422 g/mol. The number of hydrogen-bond acceptors (Lipinski definition) is 4. The molecule has 0 radical (unpaired) electrons. The molecule has 142 valence electrons. The highest BCUT2D eigenvalue weighted by molar-refractivity contribution is 9.10. The topological polar surface area (TPSA) is 64.6 Å². The van der Waals surface area contributed by atoms with Crippen LogP contribution in [-0.4, -0.2) is 18.5 Å². The lowest BCUT2D eigenvalue weighted by molar-refractivity contribution is -0.119. The molecule has 0 aliphatic heterocycles. The Morgan fingerprint density at radius 3 is 2.25 bits per heavy atom. The minimum Gasteiger partial charge on any atom is -0.489 e. The quantitative estimate of drug-likeness (QED) is 0.535. The molecule has 28 heavy (non-hydrogen) atoms. The maximum Gasteiger partial charge on any atom is 0.339 e. The van der Waals surface area contributed by atoms with Crippen LogP contribution in [0.1, 0.15) is 15.9 Å². The van der Waals surface area contributed by atoms with Crippen LogP contribution in [0, 0.1) is 0 Å². The number of rotatable bonds is 7. The molecule has 0 aliphatic carbocycles. The van der Waals surface area contributed by atoms with Crippen LogP contribution >= 0.6 is 15.9 Å². The summed E-state index contributed by atoms with van der Waals surface area (Å²) >= 11 is 3.28. The lowest BCUT2D eigenvalue weighted by Crippen LogP contribution is -2.21. The van der Waals surface area contributed by atoms with E-state index in [0.717, 1.165) is 5.56 Å². The molecule has 1 amide bonds. The lowest BCUT2D eigenvalue weighted by atomic mass is 10.2. The number of benzene rings is 3. The van der Waals surface area contributed by atoms with Gasteiger partial charge in [-0.3, -0.25) is 4.79 Å². The molecule has 3 aromatic rings. The van der Waals surface area contributed by atoms with E-state index in [-0.39, 0.29) is 6.61 Å². The zero-order valence-electron chi connectivity index (χ0n) is 14.9. The molecule has 3 rings (SSSR count). The van der Waals surface area contributed by atoms with Gasteiger partial charge in [-0.2, -0.15) is 0 Å². The summed E-state index contributed by atoms with van der Waals surface area (Å²) < 4.78 is 11.4. The normalized spacial score (nSPS) is 10.2. The van der Waals surface area contributed by atoms with Gasteiger partial charge in [0, 0.05) is 10.2 Å². The van der Waals surface area contributed by atoms with E-state index in [1.165, 1.54) is 0 Å². The van der Waals surface area contributed by atoms with Crippen LogP contribution in [0.2, 0.25) is 0 Å². The molecule has 0 aliphatic rings. The first-order valence-corrected chi connectivity index (χ1v) is 9.39. The summed E-state index contributed by atoms with van der Waals surface area (Å²) in [6.45, 7) is 0.101. The number of hydrogen-bond donors (Lipinski definition) is 1. The van der Waals surface area contributed by atoms with Crippen LogP contribution < -0.4 is 10.1 Å². The van der Waals surface area contributed by atoms with Gasteiger partial charge in [-0.15, -0.1) is 0 Å². The van der Waals surface area contributed by atoms with E-state index in [9.17, 15) is 9.59 Å². The van der Waals surface area contributed by atoms with Gasteiger partial charge in [0.1, 0.15) is 12.4 Å². The molecule has 0 saturated carbocycles. The molecule has 0 spiro atoms. The lowest BCUT2D eigenvalue weighted by Gasteiger charge is -2.09.